The van der Waals surface area contributed by atoms with Crippen LogP contribution in [0.1, 0.15) is 86.6 Å². The van der Waals surface area contributed by atoms with Gasteiger partial charge in [-0.3, -0.25) is 0 Å². The summed E-state index contributed by atoms with van der Waals surface area (Å²) in [6.07, 6.45) is 11.7. The SMILES string of the molecule is CC(C)Cc1cc(-c2[c-]cc(F)cc2)nc[c]1[Ge]([CH3])([CH3])[CH3].COc1c[c-]c(-c2cc(C(C)C3CCCCC3)ccn2)c2oc3nc(-c4c(C)cc(C)cc4C)ccc3c12.[Ir]. The molecule has 0 spiro atoms. The predicted molar refractivity (Wildman–Crippen MR) is 245 cm³/mol. The van der Waals surface area contributed by atoms with Crippen LogP contribution in [0.3, 0.4) is 0 Å². The summed E-state index contributed by atoms with van der Waals surface area (Å²) in [6, 6.07) is 28.0. The molecule has 3 aromatic carbocycles. The van der Waals surface area contributed by atoms with Crippen molar-refractivity contribution >= 4 is 39.7 Å². The Hall–Kier alpha value is -4.17. The van der Waals surface area contributed by atoms with Gasteiger partial charge in [-0.1, -0.05) is 61.1 Å². The van der Waals surface area contributed by atoms with E-state index in [1.54, 1.807) is 13.2 Å². The van der Waals surface area contributed by atoms with Crippen LogP contribution in [0.15, 0.2) is 83.5 Å². The minimum Gasteiger partial charge on any atom is -0.539 e. The maximum atomic E-state index is 13.0. The van der Waals surface area contributed by atoms with E-state index in [0.29, 0.717) is 17.5 Å². The van der Waals surface area contributed by atoms with Gasteiger partial charge in [0.05, 0.1) is 18.4 Å². The third kappa shape index (κ3) is 9.96. The monoisotopic (exact) mass is 1040 g/mol. The van der Waals surface area contributed by atoms with E-state index >= 15 is 0 Å². The van der Waals surface area contributed by atoms with Crippen molar-refractivity contribution in [2.24, 2.45) is 11.8 Å². The molecule has 1 aliphatic carbocycles. The van der Waals surface area contributed by atoms with E-state index in [-0.39, 0.29) is 25.9 Å². The molecule has 0 N–H and O–H groups in total. The van der Waals surface area contributed by atoms with Crippen LogP contribution in [0.4, 0.5) is 4.39 Å². The molecule has 1 aliphatic rings. The second-order valence-corrected chi connectivity index (χ2v) is 28.6. The van der Waals surface area contributed by atoms with Crippen molar-refractivity contribution in [3.8, 4) is 39.5 Å². The summed E-state index contributed by atoms with van der Waals surface area (Å²) < 4.78 is 26.8. The van der Waals surface area contributed by atoms with Crippen LogP contribution in [0, 0.1) is 50.6 Å². The van der Waals surface area contributed by atoms with Crippen LogP contribution in [0.5, 0.6) is 5.75 Å². The van der Waals surface area contributed by atoms with Gasteiger partial charge in [0.15, 0.2) is 0 Å². The van der Waals surface area contributed by atoms with Gasteiger partial charge >= 0.3 is 130 Å². The van der Waals surface area contributed by atoms with Crippen LogP contribution in [0.25, 0.3) is 55.8 Å². The first kappa shape index (κ1) is 45.4. The summed E-state index contributed by atoms with van der Waals surface area (Å²) in [4.78, 5) is 14.4. The van der Waals surface area contributed by atoms with Crippen LogP contribution >= 0.6 is 0 Å². The largest absolute Gasteiger partial charge is 0.539 e. The van der Waals surface area contributed by atoms with Gasteiger partial charge in [0, 0.05) is 43.0 Å². The van der Waals surface area contributed by atoms with Crippen molar-refractivity contribution in [3.63, 3.8) is 0 Å². The van der Waals surface area contributed by atoms with Gasteiger partial charge in [0.1, 0.15) is 0 Å². The molecule has 8 heteroatoms. The van der Waals surface area contributed by atoms with Crippen molar-refractivity contribution in [2.75, 3.05) is 7.11 Å². The summed E-state index contributed by atoms with van der Waals surface area (Å²) in [5, 5.41) is 1.85. The zero-order valence-electron chi connectivity index (χ0n) is 36.8. The smallest absolute Gasteiger partial charge is 0.216 e. The Morgan fingerprint density at radius 1 is 0.850 bits per heavy atom. The Bertz CT molecular complexity index is 2570. The molecule has 5 nitrogen and oxygen atoms in total. The molecule has 60 heavy (non-hydrogen) atoms. The van der Waals surface area contributed by atoms with E-state index < -0.39 is 13.3 Å². The number of aryl methyl sites for hydroxylation is 3. The Kier molecular flexibility index (Phi) is 14.6. The minimum atomic E-state index is -1.93. The number of nitrogens with zero attached hydrogens (tertiary/aromatic N) is 3. The van der Waals surface area contributed by atoms with E-state index in [1.165, 1.54) is 76.5 Å². The van der Waals surface area contributed by atoms with Gasteiger partial charge in [-0.05, 0) is 85.9 Å². The van der Waals surface area contributed by atoms with Crippen molar-refractivity contribution < 1.29 is 33.6 Å². The zero-order valence-corrected chi connectivity index (χ0v) is 41.3. The number of hydrogen-bond acceptors (Lipinski definition) is 5. The average Bonchev–Trinajstić information content (AvgIpc) is 3.59. The van der Waals surface area contributed by atoms with Crippen molar-refractivity contribution in [1.82, 2.24) is 15.0 Å². The number of ether oxygens (including phenoxy) is 1. The number of hydrogen-bond donors (Lipinski definition) is 0. The third-order valence-corrected chi connectivity index (χ3v) is 16.3. The van der Waals surface area contributed by atoms with Crippen molar-refractivity contribution in [2.45, 2.75) is 103 Å². The molecule has 1 fully saturated rings. The van der Waals surface area contributed by atoms with Gasteiger partial charge in [0.2, 0.25) is 5.71 Å². The quantitative estimate of drug-likeness (QED) is 0.106. The molecule has 7 aromatic rings. The summed E-state index contributed by atoms with van der Waals surface area (Å²) >= 11 is -1.93. The fourth-order valence-corrected chi connectivity index (χ4v) is 12.4. The number of benzene rings is 3. The first-order valence-corrected chi connectivity index (χ1v) is 28.6. The molecule has 0 bridgehead atoms. The molecule has 315 valence electrons. The molecule has 1 unspecified atom stereocenters. The molecule has 0 amide bonds. The number of halogens is 1. The van der Waals surface area contributed by atoms with E-state index in [4.69, 9.17) is 19.1 Å². The van der Waals surface area contributed by atoms with Crippen LogP contribution in [-0.4, -0.2) is 35.3 Å². The number of pyridine rings is 3. The van der Waals surface area contributed by atoms with E-state index in [1.807, 2.05) is 18.5 Å². The Morgan fingerprint density at radius 2 is 1.58 bits per heavy atom. The van der Waals surface area contributed by atoms with Crippen molar-refractivity contribution in [3.05, 3.63) is 125 Å². The number of furan rings is 1. The summed E-state index contributed by atoms with van der Waals surface area (Å²) in [7, 11) is 1.69. The van der Waals surface area contributed by atoms with Gasteiger partial charge in [-0.25, -0.2) is 4.98 Å². The molecule has 4 aromatic heterocycles. The standard InChI is InChI=1S/C34H35N2O2.C18H23FGeN.Ir/c1-20-17-21(2)31(22(3)18-20)28-13-11-27-32-30(37-5)14-12-26(33(32)38-34(27)36-28)29-19-25(15-16-35-29)23(4)24-9-7-6-8-10-24;1-13(2)10-15-11-18(14-6-8-16(19)9-7-14)21-12-17(15)20(3,4)5;/h11,13-19,23-24H,6-10H2,1-5H3;6,8-9,11-13H,10H2,1-5H3;/q2*-1;. The fourth-order valence-electron chi connectivity index (χ4n) is 9.02. The molecule has 8 rings (SSSR count). The number of fused-ring (bicyclic) bond motifs is 3. The van der Waals surface area contributed by atoms with E-state index in [9.17, 15) is 4.39 Å². The van der Waals surface area contributed by atoms with Crippen molar-refractivity contribution in [1.29, 1.82) is 0 Å². The maximum Gasteiger partial charge on any atom is 0.216 e. The maximum absolute atomic E-state index is 13.0. The topological polar surface area (TPSA) is 61.0 Å². The first-order chi connectivity index (χ1) is 28.2. The summed E-state index contributed by atoms with van der Waals surface area (Å²) in [6.45, 7) is 13.3. The number of aromatic nitrogens is 3. The van der Waals surface area contributed by atoms with Crippen LogP contribution < -0.4 is 9.13 Å². The third-order valence-electron chi connectivity index (χ3n) is 11.9. The number of rotatable bonds is 9. The summed E-state index contributed by atoms with van der Waals surface area (Å²) in [5.74, 6) is 9.50. The fraction of sp³-hybridized carbons (Fsp3) is 0.365. The molecule has 4 heterocycles. The number of methoxy groups -OCH3 is 1. The Morgan fingerprint density at radius 3 is 2.23 bits per heavy atom. The Labute approximate surface area is 372 Å². The summed E-state index contributed by atoms with van der Waals surface area (Å²) in [5.41, 5.74) is 13.3. The predicted octanol–water partition coefficient (Wildman–Crippen LogP) is 13.6. The van der Waals surface area contributed by atoms with E-state index in [0.717, 1.165) is 68.2 Å². The zero-order chi connectivity index (χ0) is 42.0. The van der Waals surface area contributed by atoms with Gasteiger partial charge in [-0.15, -0.1) is 12.1 Å². The molecule has 1 saturated carbocycles. The van der Waals surface area contributed by atoms with Gasteiger partial charge in [0.25, 0.3) is 0 Å². The molecular formula is C52H58FGeIrN3O2-2. The Balaban J connectivity index is 0.000000234. The van der Waals surface area contributed by atoms with Gasteiger partial charge in [-0.2, -0.15) is 0 Å². The molecule has 1 radical (unpaired) electrons. The van der Waals surface area contributed by atoms with Gasteiger partial charge < -0.3 is 14.1 Å². The van der Waals surface area contributed by atoms with Crippen LogP contribution in [0.2, 0.25) is 17.3 Å². The second kappa shape index (κ2) is 19.3. The molecule has 0 aliphatic heterocycles. The van der Waals surface area contributed by atoms with Crippen LogP contribution in [-0.2, 0) is 26.5 Å². The normalized spacial score (nSPS) is 13.9. The molecule has 1 atom stereocenters. The second-order valence-electron chi connectivity index (χ2n) is 18.0. The first-order valence-electron chi connectivity index (χ1n) is 21.2. The van der Waals surface area contributed by atoms with E-state index in [2.05, 4.69) is 118 Å². The minimum absolute atomic E-state index is 0. The molecular weight excluding hydrogens is 982 g/mol. The molecule has 0 saturated heterocycles. The average molecular weight is 1040 g/mol.